The first-order valence-electron chi connectivity index (χ1n) is 4.09. The van der Waals surface area contributed by atoms with E-state index in [4.69, 9.17) is 4.42 Å². The zero-order chi connectivity index (χ0) is 8.67. The lowest BCUT2D eigenvalue weighted by Gasteiger charge is -1.95. The van der Waals surface area contributed by atoms with Crippen molar-refractivity contribution in [2.75, 3.05) is 0 Å². The third kappa shape index (κ3) is 0.855. The van der Waals surface area contributed by atoms with Gasteiger partial charge >= 0.3 is 0 Å². The molecule has 0 saturated heterocycles. The topological polar surface area (TPSA) is 26.0 Å². The van der Waals surface area contributed by atoms with Crippen molar-refractivity contribution in [2.24, 2.45) is 0 Å². The predicted molar refractivity (Wildman–Crippen MR) is 50.4 cm³/mol. The highest BCUT2D eigenvalue weighted by molar-refractivity contribution is 6.02. The third-order valence-electron chi connectivity index (χ3n) is 2.18. The van der Waals surface area contributed by atoms with E-state index in [1.807, 2.05) is 30.3 Å². The van der Waals surface area contributed by atoms with Gasteiger partial charge in [-0.25, -0.2) is 4.98 Å². The molecule has 0 N–H and O–H groups in total. The van der Waals surface area contributed by atoms with Crippen molar-refractivity contribution in [3.8, 4) is 0 Å². The maximum Gasteiger partial charge on any atom is 0.284 e. The second kappa shape index (κ2) is 2.33. The number of rotatable bonds is 0. The Balaban J connectivity index is 2.65. The van der Waals surface area contributed by atoms with Gasteiger partial charge in [0.05, 0.1) is 0 Å². The summed E-state index contributed by atoms with van der Waals surface area (Å²) in [5, 5.41) is 2.29. The van der Waals surface area contributed by atoms with E-state index >= 15 is 0 Å². The fraction of sp³-hybridized carbons (Fsp3) is 0. The van der Waals surface area contributed by atoms with Gasteiger partial charge in [0.25, 0.3) is 6.39 Å². The number of oxazole rings is 1. The molecule has 61 valence electrons. The molecule has 0 saturated carbocycles. The maximum atomic E-state index is 5.09. The Kier molecular flexibility index (Phi) is 1.19. The van der Waals surface area contributed by atoms with Crippen molar-refractivity contribution in [3.05, 3.63) is 42.8 Å². The van der Waals surface area contributed by atoms with Crippen LogP contribution in [0.25, 0.3) is 21.9 Å². The van der Waals surface area contributed by atoms with E-state index in [2.05, 4.69) is 17.4 Å². The van der Waals surface area contributed by atoms with Crippen molar-refractivity contribution >= 4 is 21.9 Å². The van der Waals surface area contributed by atoms with Gasteiger partial charge in [0.15, 0.2) is 5.58 Å². The van der Waals surface area contributed by atoms with Crippen molar-refractivity contribution < 1.29 is 4.42 Å². The van der Waals surface area contributed by atoms with Gasteiger partial charge in [-0.3, -0.25) is 0 Å². The van der Waals surface area contributed by atoms with Crippen LogP contribution < -0.4 is 0 Å². The summed E-state index contributed by atoms with van der Waals surface area (Å²) in [6.07, 6.45) is 2.50. The van der Waals surface area contributed by atoms with Crippen molar-refractivity contribution in [1.29, 1.82) is 0 Å². The lowest BCUT2D eigenvalue weighted by molar-refractivity contribution is 0.591. The summed E-state index contributed by atoms with van der Waals surface area (Å²) in [7, 11) is 0. The van der Waals surface area contributed by atoms with E-state index in [0.717, 1.165) is 16.5 Å². The Bertz CT molecular complexity index is 568. The first kappa shape index (κ1) is 6.66. The Morgan fingerprint density at radius 3 is 3.00 bits per heavy atom. The number of aromatic nitrogens is 1. The Morgan fingerprint density at radius 1 is 1.08 bits per heavy atom. The molecule has 0 aliphatic carbocycles. The highest BCUT2D eigenvalue weighted by Crippen LogP contribution is 2.23. The van der Waals surface area contributed by atoms with Crippen molar-refractivity contribution in [3.63, 3.8) is 0 Å². The normalized spacial score (nSPS) is 11.1. The summed E-state index contributed by atoms with van der Waals surface area (Å²) in [4.78, 5) is 4.06. The van der Waals surface area contributed by atoms with Crippen LogP contribution in [0.1, 0.15) is 0 Å². The van der Waals surface area contributed by atoms with E-state index in [9.17, 15) is 0 Å². The SMILES string of the molecule is [c]1nc2c(ccc3ccccc32)o1. The zero-order valence-corrected chi connectivity index (χ0v) is 6.82. The predicted octanol–water partition coefficient (Wildman–Crippen LogP) is 2.78. The summed E-state index contributed by atoms with van der Waals surface area (Å²) < 4.78 is 5.09. The summed E-state index contributed by atoms with van der Waals surface area (Å²) >= 11 is 0. The Labute approximate surface area is 74.8 Å². The molecule has 0 unspecified atom stereocenters. The number of fused-ring (bicyclic) bond motifs is 3. The second-order valence-electron chi connectivity index (χ2n) is 2.94. The molecule has 1 aromatic heterocycles. The largest absolute Gasteiger partial charge is 0.432 e. The number of hydrogen-bond acceptors (Lipinski definition) is 2. The van der Waals surface area contributed by atoms with Crippen LogP contribution in [0.2, 0.25) is 0 Å². The maximum absolute atomic E-state index is 5.09. The van der Waals surface area contributed by atoms with E-state index in [-0.39, 0.29) is 0 Å². The highest BCUT2D eigenvalue weighted by Gasteiger charge is 2.02. The lowest BCUT2D eigenvalue weighted by atomic mass is 10.1. The van der Waals surface area contributed by atoms with Crippen molar-refractivity contribution in [2.45, 2.75) is 0 Å². The molecule has 13 heavy (non-hydrogen) atoms. The minimum atomic E-state index is 0.790. The van der Waals surface area contributed by atoms with E-state index in [1.54, 1.807) is 0 Å². The zero-order valence-electron chi connectivity index (χ0n) is 6.82. The molecule has 1 heterocycles. The van der Waals surface area contributed by atoms with Crippen LogP contribution in [0.3, 0.4) is 0 Å². The number of benzene rings is 2. The van der Waals surface area contributed by atoms with E-state index < -0.39 is 0 Å². The molecular weight excluding hydrogens is 162 g/mol. The molecule has 0 bridgehead atoms. The standard InChI is InChI=1S/C11H6NO/c1-2-4-9-8(3-1)5-6-10-11(9)12-7-13-10/h1-6H. The molecular formula is C11H6NO. The summed E-state index contributed by atoms with van der Waals surface area (Å²) in [5.74, 6) is 0. The van der Waals surface area contributed by atoms with Gasteiger partial charge in [0.2, 0.25) is 0 Å². The molecule has 2 heteroatoms. The summed E-state index contributed by atoms with van der Waals surface area (Å²) in [6.45, 7) is 0. The second-order valence-corrected chi connectivity index (χ2v) is 2.94. The molecule has 0 spiro atoms. The quantitative estimate of drug-likeness (QED) is 0.515. The van der Waals surface area contributed by atoms with Gasteiger partial charge in [0.1, 0.15) is 5.52 Å². The molecule has 2 nitrogen and oxygen atoms in total. The van der Waals surface area contributed by atoms with Gasteiger partial charge < -0.3 is 4.42 Å². The number of nitrogens with zero attached hydrogens (tertiary/aromatic N) is 1. The molecule has 0 atom stereocenters. The molecule has 0 amide bonds. The molecule has 0 aliphatic rings. The van der Waals surface area contributed by atoms with Crippen LogP contribution in [0.15, 0.2) is 40.8 Å². The third-order valence-corrected chi connectivity index (χ3v) is 2.18. The van der Waals surface area contributed by atoms with Crippen LogP contribution in [0.4, 0.5) is 0 Å². The van der Waals surface area contributed by atoms with Crippen LogP contribution in [-0.2, 0) is 0 Å². The molecule has 0 aliphatic heterocycles. The fourth-order valence-corrected chi connectivity index (χ4v) is 1.55. The molecule has 0 fully saturated rings. The monoisotopic (exact) mass is 168 g/mol. The number of hydrogen-bond donors (Lipinski definition) is 0. The first-order valence-corrected chi connectivity index (χ1v) is 4.09. The van der Waals surface area contributed by atoms with Crippen LogP contribution in [0.5, 0.6) is 0 Å². The molecule has 3 aromatic rings. The Morgan fingerprint density at radius 2 is 2.00 bits per heavy atom. The van der Waals surface area contributed by atoms with Gasteiger partial charge in [-0.15, -0.1) is 0 Å². The molecule has 1 radical (unpaired) electrons. The summed E-state index contributed by atoms with van der Waals surface area (Å²) in [6, 6.07) is 12.0. The highest BCUT2D eigenvalue weighted by atomic mass is 16.3. The van der Waals surface area contributed by atoms with Crippen LogP contribution in [-0.4, -0.2) is 4.98 Å². The minimum Gasteiger partial charge on any atom is -0.432 e. The van der Waals surface area contributed by atoms with Crippen LogP contribution >= 0.6 is 0 Å². The average molecular weight is 168 g/mol. The van der Waals surface area contributed by atoms with Crippen LogP contribution in [0, 0.1) is 6.39 Å². The average Bonchev–Trinajstić information content (AvgIpc) is 2.65. The van der Waals surface area contributed by atoms with Gasteiger partial charge in [-0.1, -0.05) is 30.3 Å². The van der Waals surface area contributed by atoms with Gasteiger partial charge in [0, 0.05) is 5.39 Å². The Hall–Kier alpha value is -1.83. The van der Waals surface area contributed by atoms with Gasteiger partial charge in [-0.05, 0) is 11.5 Å². The van der Waals surface area contributed by atoms with Crippen molar-refractivity contribution in [1.82, 2.24) is 4.98 Å². The molecule has 3 rings (SSSR count). The first-order chi connectivity index (χ1) is 6.45. The smallest absolute Gasteiger partial charge is 0.284 e. The summed E-state index contributed by atoms with van der Waals surface area (Å²) in [5.41, 5.74) is 1.68. The molecule has 2 aromatic carbocycles. The van der Waals surface area contributed by atoms with Gasteiger partial charge in [-0.2, -0.15) is 0 Å². The fourth-order valence-electron chi connectivity index (χ4n) is 1.55. The lowest BCUT2D eigenvalue weighted by Crippen LogP contribution is -1.73. The minimum absolute atomic E-state index is 0.790. The van der Waals surface area contributed by atoms with E-state index in [0.29, 0.717) is 0 Å². The van der Waals surface area contributed by atoms with E-state index in [1.165, 1.54) is 5.39 Å².